The van der Waals surface area contributed by atoms with Crippen LogP contribution >= 0.6 is 34.9 Å². The number of carbonyl (C=O) groups excluding carboxylic acids is 1. The third kappa shape index (κ3) is 4.00. The highest BCUT2D eigenvalue weighted by Gasteiger charge is 2.32. The molecule has 1 atom stereocenters. The van der Waals surface area contributed by atoms with Crippen molar-refractivity contribution in [2.75, 3.05) is 11.5 Å². The highest BCUT2D eigenvalue weighted by Crippen LogP contribution is 2.49. The van der Waals surface area contributed by atoms with Gasteiger partial charge in [-0.3, -0.25) is 9.69 Å². The number of fused-ring (bicyclic) bond motifs is 3. The molecule has 0 saturated carbocycles. The first-order valence-electron chi connectivity index (χ1n) is 10.6. The summed E-state index contributed by atoms with van der Waals surface area (Å²) in [6.07, 6.45) is 0.720. The van der Waals surface area contributed by atoms with Crippen LogP contribution in [0.15, 0.2) is 80.9 Å². The Morgan fingerprint density at radius 3 is 2.38 bits per heavy atom. The minimum absolute atomic E-state index is 0.0898. The van der Waals surface area contributed by atoms with E-state index in [1.54, 1.807) is 34.9 Å². The molecule has 0 fully saturated rings. The molecule has 1 unspecified atom stereocenters. The van der Waals surface area contributed by atoms with Gasteiger partial charge in [-0.2, -0.15) is 0 Å². The normalized spacial score (nSPS) is 13.5. The number of nitrogens with zero attached hydrogens (tertiary/aromatic N) is 2. The van der Waals surface area contributed by atoms with Crippen LogP contribution in [-0.2, 0) is 4.79 Å². The van der Waals surface area contributed by atoms with Gasteiger partial charge < -0.3 is 4.74 Å². The van der Waals surface area contributed by atoms with Crippen molar-refractivity contribution in [2.45, 2.75) is 39.6 Å². The van der Waals surface area contributed by atoms with Crippen LogP contribution in [0.3, 0.4) is 0 Å². The maximum absolute atomic E-state index is 13.9. The lowest BCUT2D eigenvalue weighted by Gasteiger charge is -2.33. The molecule has 1 aliphatic heterocycles. The molecular formula is C25H22N2O2S3. The zero-order valence-electron chi connectivity index (χ0n) is 17.8. The Hall–Kier alpha value is -2.48. The lowest BCUT2D eigenvalue weighted by Crippen LogP contribution is -2.35. The van der Waals surface area contributed by atoms with Crippen LogP contribution in [0.25, 0.3) is 10.2 Å². The van der Waals surface area contributed by atoms with E-state index in [9.17, 15) is 4.79 Å². The minimum atomic E-state index is -0.230. The van der Waals surface area contributed by atoms with Crippen molar-refractivity contribution in [1.82, 2.24) is 4.98 Å². The number of amides is 1. The van der Waals surface area contributed by atoms with Crippen LogP contribution in [-0.4, -0.2) is 22.7 Å². The van der Waals surface area contributed by atoms with E-state index in [0.29, 0.717) is 6.61 Å². The molecule has 0 saturated heterocycles. The van der Waals surface area contributed by atoms with Gasteiger partial charge in [-0.15, -0.1) is 11.3 Å². The number of carbonyl (C=O) groups is 1. The van der Waals surface area contributed by atoms with Crippen LogP contribution in [0.2, 0.25) is 0 Å². The van der Waals surface area contributed by atoms with Crippen molar-refractivity contribution in [3.63, 3.8) is 0 Å². The Kier molecular flexibility index (Phi) is 6.13. The monoisotopic (exact) mass is 478 g/mol. The number of rotatable bonds is 6. The summed E-state index contributed by atoms with van der Waals surface area (Å²) in [5.41, 5.74) is 2.84. The van der Waals surface area contributed by atoms with Crippen molar-refractivity contribution >= 4 is 62.4 Å². The van der Waals surface area contributed by atoms with Gasteiger partial charge in [-0.05, 0) is 55.8 Å². The van der Waals surface area contributed by atoms with Crippen molar-refractivity contribution in [3.05, 3.63) is 66.7 Å². The molecular weight excluding hydrogens is 456 g/mol. The van der Waals surface area contributed by atoms with Gasteiger partial charge in [0.2, 0.25) is 5.91 Å². The molecule has 0 bridgehead atoms. The number of ether oxygens (including phenoxy) is 1. The molecule has 1 amide bonds. The van der Waals surface area contributed by atoms with Crippen molar-refractivity contribution < 1.29 is 9.53 Å². The molecule has 3 aromatic carbocycles. The summed E-state index contributed by atoms with van der Waals surface area (Å²) in [5.74, 6) is 0.939. The van der Waals surface area contributed by atoms with Gasteiger partial charge >= 0.3 is 0 Å². The maximum atomic E-state index is 13.9. The summed E-state index contributed by atoms with van der Waals surface area (Å²) in [6.45, 7) is 4.67. The highest BCUT2D eigenvalue weighted by molar-refractivity contribution is 8.02. The van der Waals surface area contributed by atoms with Crippen LogP contribution < -0.4 is 9.64 Å². The van der Waals surface area contributed by atoms with Gasteiger partial charge in [0.15, 0.2) is 4.34 Å². The van der Waals surface area contributed by atoms with Gasteiger partial charge in [0, 0.05) is 9.79 Å². The van der Waals surface area contributed by atoms with E-state index in [0.717, 1.165) is 47.9 Å². The molecule has 4 aromatic rings. The summed E-state index contributed by atoms with van der Waals surface area (Å²) >= 11 is 4.88. The molecule has 32 heavy (non-hydrogen) atoms. The van der Waals surface area contributed by atoms with E-state index in [4.69, 9.17) is 9.72 Å². The number of thioether (sulfide) groups is 1. The van der Waals surface area contributed by atoms with Gasteiger partial charge in [-0.1, -0.05) is 54.7 Å². The summed E-state index contributed by atoms with van der Waals surface area (Å²) in [5, 5.41) is -0.230. The fourth-order valence-corrected chi connectivity index (χ4v) is 7.07. The van der Waals surface area contributed by atoms with Gasteiger partial charge in [0.1, 0.15) is 5.75 Å². The number of anilines is 2. The van der Waals surface area contributed by atoms with Crippen LogP contribution in [0, 0.1) is 0 Å². The first-order valence-corrected chi connectivity index (χ1v) is 13.1. The molecule has 0 spiro atoms. The molecule has 4 nitrogen and oxygen atoms in total. The number of benzene rings is 3. The topological polar surface area (TPSA) is 42.4 Å². The SMILES string of the molecule is CCOc1ccc2nc(SC(CC)C(=O)N3c4ccccc4Sc4ccccc43)sc2c1. The van der Waals surface area contributed by atoms with Crippen molar-refractivity contribution in [3.8, 4) is 5.75 Å². The summed E-state index contributed by atoms with van der Waals surface area (Å²) in [4.78, 5) is 22.7. The van der Waals surface area contributed by atoms with E-state index in [1.165, 1.54) is 0 Å². The standard InChI is InChI=1S/C25H22N2O2S3/c1-3-20(31-25-26-17-14-13-16(29-4-2)15-23(17)32-25)24(28)27-18-9-5-7-11-21(18)30-22-12-8-6-10-19(22)27/h5-15,20H,3-4H2,1-2H3. The second kappa shape index (κ2) is 9.17. The van der Waals surface area contributed by atoms with Crippen LogP contribution in [0.5, 0.6) is 5.75 Å². The number of thiazole rings is 1. The molecule has 2 heterocycles. The summed E-state index contributed by atoms with van der Waals surface area (Å²) < 4.78 is 7.60. The Balaban J connectivity index is 1.46. The predicted molar refractivity (Wildman–Crippen MR) is 135 cm³/mol. The van der Waals surface area contributed by atoms with Gasteiger partial charge in [0.05, 0.1) is 33.4 Å². The minimum Gasteiger partial charge on any atom is -0.494 e. The molecule has 0 radical (unpaired) electrons. The molecule has 1 aromatic heterocycles. The molecule has 0 aliphatic carbocycles. The average Bonchev–Trinajstić information content (AvgIpc) is 3.22. The third-order valence-electron chi connectivity index (χ3n) is 5.19. The Morgan fingerprint density at radius 1 is 1.03 bits per heavy atom. The molecule has 7 heteroatoms. The molecule has 5 rings (SSSR count). The highest BCUT2D eigenvalue weighted by atomic mass is 32.2. The second-order valence-corrected chi connectivity index (χ2v) is 10.8. The average molecular weight is 479 g/mol. The van der Waals surface area contributed by atoms with Crippen LogP contribution in [0.4, 0.5) is 11.4 Å². The predicted octanol–water partition coefficient (Wildman–Crippen LogP) is 7.40. The fourth-order valence-electron chi connectivity index (χ4n) is 3.71. The first-order chi connectivity index (χ1) is 15.7. The smallest absolute Gasteiger partial charge is 0.245 e. The molecule has 1 aliphatic rings. The lowest BCUT2D eigenvalue weighted by atomic mass is 10.2. The third-order valence-corrected chi connectivity index (χ3v) is 8.79. The Bertz CT molecular complexity index is 1240. The number of aromatic nitrogens is 1. The number of hydrogen-bond acceptors (Lipinski definition) is 6. The van der Waals surface area contributed by atoms with E-state index < -0.39 is 0 Å². The summed E-state index contributed by atoms with van der Waals surface area (Å²) in [6, 6.07) is 22.2. The van der Waals surface area contributed by atoms with Gasteiger partial charge in [-0.25, -0.2) is 4.98 Å². The molecule has 0 N–H and O–H groups in total. The van der Waals surface area contributed by atoms with E-state index in [-0.39, 0.29) is 11.2 Å². The zero-order valence-corrected chi connectivity index (χ0v) is 20.2. The largest absolute Gasteiger partial charge is 0.494 e. The van der Waals surface area contributed by atoms with E-state index in [1.807, 2.05) is 66.4 Å². The summed E-state index contributed by atoms with van der Waals surface area (Å²) in [7, 11) is 0. The van der Waals surface area contributed by atoms with Crippen molar-refractivity contribution in [1.29, 1.82) is 0 Å². The zero-order chi connectivity index (χ0) is 22.1. The van der Waals surface area contributed by atoms with Crippen molar-refractivity contribution in [2.24, 2.45) is 0 Å². The van der Waals surface area contributed by atoms with E-state index in [2.05, 4.69) is 19.1 Å². The Labute approximate surface area is 200 Å². The maximum Gasteiger partial charge on any atom is 0.245 e. The fraction of sp³-hybridized carbons (Fsp3) is 0.200. The van der Waals surface area contributed by atoms with Gasteiger partial charge in [0.25, 0.3) is 0 Å². The number of para-hydroxylation sites is 2. The second-order valence-electron chi connectivity index (χ2n) is 7.27. The first kappa shape index (κ1) is 21.4. The Morgan fingerprint density at radius 2 is 1.72 bits per heavy atom. The van der Waals surface area contributed by atoms with E-state index >= 15 is 0 Å². The quantitative estimate of drug-likeness (QED) is 0.270. The van der Waals surface area contributed by atoms with Crippen LogP contribution in [0.1, 0.15) is 20.3 Å². The lowest BCUT2D eigenvalue weighted by molar-refractivity contribution is -0.117. The number of hydrogen-bond donors (Lipinski definition) is 0. The molecule has 162 valence electrons.